The first-order valence-corrected chi connectivity index (χ1v) is 11.5. The van der Waals surface area contributed by atoms with Gasteiger partial charge in [0.15, 0.2) is 0 Å². The maximum absolute atomic E-state index is 12.2. The van der Waals surface area contributed by atoms with Gasteiger partial charge in [-0.1, -0.05) is 36.4 Å². The minimum atomic E-state index is -3.67. The topological polar surface area (TPSA) is 101 Å². The fraction of sp³-hybridized carbons (Fsp3) is 0.130. The number of carbonyl (C=O) groups is 1. The number of sulfonamides is 1. The molecule has 0 spiro atoms. The van der Waals surface area contributed by atoms with Gasteiger partial charge in [-0.05, 0) is 35.4 Å². The third-order valence-electron chi connectivity index (χ3n) is 4.85. The molecule has 7 nitrogen and oxygen atoms in total. The first-order valence-electron chi connectivity index (χ1n) is 9.56. The molecule has 0 radical (unpaired) electrons. The average molecular weight is 436 g/mol. The van der Waals surface area contributed by atoms with Gasteiger partial charge in [0.1, 0.15) is 11.4 Å². The number of aromatic amines is 1. The van der Waals surface area contributed by atoms with E-state index in [2.05, 4.69) is 9.97 Å². The lowest BCUT2D eigenvalue weighted by Crippen LogP contribution is -2.30. The third-order valence-corrected chi connectivity index (χ3v) is 5.41. The molecule has 4 rings (SSSR count). The zero-order valence-corrected chi connectivity index (χ0v) is 17.9. The van der Waals surface area contributed by atoms with Gasteiger partial charge in [-0.15, -0.1) is 0 Å². The number of fused-ring (bicyclic) bond motifs is 1. The monoisotopic (exact) mass is 435 g/mol. The van der Waals surface area contributed by atoms with E-state index in [0.29, 0.717) is 12.1 Å². The average Bonchev–Trinajstić information content (AvgIpc) is 3.11. The lowest BCUT2D eigenvalue weighted by molar-refractivity contribution is 0.0976. The van der Waals surface area contributed by atoms with Crippen LogP contribution >= 0.6 is 0 Å². The van der Waals surface area contributed by atoms with E-state index in [1.807, 2.05) is 59.3 Å². The molecule has 0 aliphatic carbocycles. The van der Waals surface area contributed by atoms with Gasteiger partial charge in [0, 0.05) is 29.1 Å². The van der Waals surface area contributed by atoms with Gasteiger partial charge >= 0.3 is 0 Å². The number of aromatic nitrogens is 2. The van der Waals surface area contributed by atoms with E-state index in [9.17, 15) is 13.2 Å². The smallest absolute Gasteiger partial charge is 0.283 e. The summed E-state index contributed by atoms with van der Waals surface area (Å²) in [5, 5.41) is 1.02. The van der Waals surface area contributed by atoms with E-state index in [-0.39, 0.29) is 5.69 Å². The molecule has 0 bridgehead atoms. The molecule has 0 saturated carbocycles. The fourth-order valence-electron chi connectivity index (χ4n) is 3.50. The van der Waals surface area contributed by atoms with Crippen molar-refractivity contribution in [2.24, 2.45) is 0 Å². The molecule has 0 fully saturated rings. The molecule has 0 unspecified atom stereocenters. The van der Waals surface area contributed by atoms with Crippen LogP contribution in [0.1, 0.15) is 21.7 Å². The number of amides is 1. The van der Waals surface area contributed by atoms with Crippen molar-refractivity contribution in [3.63, 3.8) is 0 Å². The highest BCUT2D eigenvalue weighted by Gasteiger charge is 2.17. The Kier molecular flexibility index (Phi) is 5.48. The zero-order valence-electron chi connectivity index (χ0n) is 17.0. The maximum Gasteiger partial charge on any atom is 0.283 e. The number of carbonyl (C=O) groups excluding carboxylic acids is 1. The van der Waals surface area contributed by atoms with Crippen LogP contribution < -0.4 is 9.46 Å². The van der Waals surface area contributed by atoms with E-state index < -0.39 is 15.9 Å². The van der Waals surface area contributed by atoms with Crippen molar-refractivity contribution in [2.75, 3.05) is 13.4 Å². The number of ether oxygens (including phenoxy) is 1. The molecule has 0 atom stereocenters. The van der Waals surface area contributed by atoms with E-state index in [4.69, 9.17) is 4.74 Å². The molecule has 2 aromatic carbocycles. The first-order chi connectivity index (χ1) is 14.8. The molecule has 2 heterocycles. The van der Waals surface area contributed by atoms with E-state index in [0.717, 1.165) is 39.7 Å². The number of H-pyrrole nitrogens is 1. The van der Waals surface area contributed by atoms with Crippen molar-refractivity contribution >= 4 is 26.8 Å². The minimum absolute atomic E-state index is 0.0469. The van der Waals surface area contributed by atoms with Crippen LogP contribution in [0.4, 0.5) is 0 Å². The number of benzene rings is 2. The Balaban J connectivity index is 1.78. The molecule has 31 heavy (non-hydrogen) atoms. The zero-order chi connectivity index (χ0) is 22.0. The van der Waals surface area contributed by atoms with Gasteiger partial charge in [0.2, 0.25) is 10.0 Å². The van der Waals surface area contributed by atoms with Gasteiger partial charge in [0.05, 0.1) is 19.1 Å². The summed E-state index contributed by atoms with van der Waals surface area (Å²) in [5.41, 5.74) is 4.63. The number of methoxy groups -OCH3 is 1. The Morgan fingerprint density at radius 2 is 1.84 bits per heavy atom. The van der Waals surface area contributed by atoms with Gasteiger partial charge < -0.3 is 9.72 Å². The summed E-state index contributed by atoms with van der Waals surface area (Å²) in [5.74, 6) is -0.00576. The summed E-state index contributed by atoms with van der Waals surface area (Å²) in [6, 6.07) is 20.8. The Morgan fingerprint density at radius 3 is 2.55 bits per heavy atom. The third kappa shape index (κ3) is 4.59. The normalized spacial score (nSPS) is 11.4. The molecule has 0 saturated heterocycles. The summed E-state index contributed by atoms with van der Waals surface area (Å²) in [7, 11) is -2.04. The number of hydrogen-bond acceptors (Lipinski definition) is 5. The van der Waals surface area contributed by atoms with Crippen LogP contribution in [0.5, 0.6) is 5.75 Å². The molecule has 158 valence electrons. The van der Waals surface area contributed by atoms with Crippen molar-refractivity contribution < 1.29 is 17.9 Å². The SMILES string of the molecule is COc1ccc2c(Cc3cccc(C(=O)NS(C)(=O)=O)n3)c(-c3ccccc3)[nH]c2c1. The predicted octanol–water partition coefficient (Wildman–Crippen LogP) is 3.52. The number of nitrogens with zero attached hydrogens (tertiary/aromatic N) is 1. The van der Waals surface area contributed by atoms with Crippen LogP contribution in [0.2, 0.25) is 0 Å². The molecule has 2 aromatic heterocycles. The lowest BCUT2D eigenvalue weighted by atomic mass is 10.0. The second kappa shape index (κ2) is 8.23. The highest BCUT2D eigenvalue weighted by atomic mass is 32.2. The minimum Gasteiger partial charge on any atom is -0.497 e. The lowest BCUT2D eigenvalue weighted by Gasteiger charge is -2.07. The van der Waals surface area contributed by atoms with Gasteiger partial charge in [-0.25, -0.2) is 18.1 Å². The Bertz CT molecular complexity index is 1360. The molecular weight excluding hydrogens is 414 g/mol. The summed E-state index contributed by atoms with van der Waals surface area (Å²) >= 11 is 0. The van der Waals surface area contributed by atoms with Crippen molar-refractivity contribution in [1.82, 2.24) is 14.7 Å². The number of pyridine rings is 1. The Morgan fingerprint density at radius 1 is 1.06 bits per heavy atom. The van der Waals surface area contributed by atoms with E-state index in [1.54, 1.807) is 13.2 Å². The largest absolute Gasteiger partial charge is 0.497 e. The van der Waals surface area contributed by atoms with Crippen LogP contribution in [0.3, 0.4) is 0 Å². The highest BCUT2D eigenvalue weighted by molar-refractivity contribution is 7.89. The van der Waals surface area contributed by atoms with Crippen LogP contribution in [0.25, 0.3) is 22.2 Å². The summed E-state index contributed by atoms with van der Waals surface area (Å²) in [6.07, 6.45) is 1.39. The molecule has 2 N–H and O–H groups in total. The van der Waals surface area contributed by atoms with Crippen molar-refractivity contribution in [2.45, 2.75) is 6.42 Å². The molecular formula is C23H21N3O4S. The number of hydrogen-bond donors (Lipinski definition) is 2. The molecule has 8 heteroatoms. The highest BCUT2D eigenvalue weighted by Crippen LogP contribution is 2.33. The summed E-state index contributed by atoms with van der Waals surface area (Å²) in [4.78, 5) is 20.1. The predicted molar refractivity (Wildman–Crippen MR) is 120 cm³/mol. The quantitative estimate of drug-likeness (QED) is 0.483. The maximum atomic E-state index is 12.2. The summed E-state index contributed by atoms with van der Waals surface area (Å²) in [6.45, 7) is 0. The van der Waals surface area contributed by atoms with Crippen molar-refractivity contribution in [3.8, 4) is 17.0 Å². The van der Waals surface area contributed by atoms with E-state index in [1.165, 1.54) is 6.07 Å². The van der Waals surface area contributed by atoms with E-state index >= 15 is 0 Å². The second-order valence-corrected chi connectivity index (χ2v) is 8.90. The van der Waals surface area contributed by atoms with Crippen LogP contribution in [-0.2, 0) is 16.4 Å². The fourth-order valence-corrected chi connectivity index (χ4v) is 3.94. The summed E-state index contributed by atoms with van der Waals surface area (Å²) < 4.78 is 30.1. The van der Waals surface area contributed by atoms with Crippen LogP contribution in [0.15, 0.2) is 66.7 Å². The Labute approximate surface area is 180 Å². The number of rotatable bonds is 6. The van der Waals surface area contributed by atoms with Gasteiger partial charge in [-0.2, -0.15) is 0 Å². The molecule has 1 amide bonds. The van der Waals surface area contributed by atoms with Gasteiger partial charge in [-0.3, -0.25) is 4.79 Å². The first kappa shape index (κ1) is 20.6. The van der Waals surface area contributed by atoms with Crippen molar-refractivity contribution in [3.05, 3.63) is 83.7 Å². The molecule has 0 aliphatic rings. The van der Waals surface area contributed by atoms with Crippen LogP contribution in [-0.4, -0.2) is 37.7 Å². The van der Waals surface area contributed by atoms with Crippen LogP contribution in [0, 0.1) is 0 Å². The van der Waals surface area contributed by atoms with Gasteiger partial charge in [0.25, 0.3) is 5.91 Å². The standard InChI is InChI=1S/C23H21N3O4S/c1-30-17-11-12-18-19(22(25-21(18)14-17)15-7-4-3-5-8-15)13-16-9-6-10-20(24-16)23(27)26-31(2,28)29/h3-12,14,25H,13H2,1-2H3,(H,26,27). The molecule has 0 aliphatic heterocycles. The molecule has 4 aromatic rings. The Hall–Kier alpha value is -3.65. The number of nitrogens with one attached hydrogen (secondary N) is 2. The van der Waals surface area contributed by atoms with Crippen molar-refractivity contribution in [1.29, 1.82) is 0 Å². The second-order valence-electron chi connectivity index (χ2n) is 7.15.